The van der Waals surface area contributed by atoms with Crippen molar-refractivity contribution in [2.24, 2.45) is 5.73 Å². The zero-order valence-corrected chi connectivity index (χ0v) is 9.16. The lowest BCUT2D eigenvalue weighted by Crippen LogP contribution is -2.38. The van der Waals surface area contributed by atoms with Gasteiger partial charge in [0.15, 0.2) is 0 Å². The van der Waals surface area contributed by atoms with Crippen LogP contribution in [-0.2, 0) is 9.59 Å². The summed E-state index contributed by atoms with van der Waals surface area (Å²) >= 11 is 0. The van der Waals surface area contributed by atoms with Gasteiger partial charge in [0.05, 0.1) is 6.04 Å². The number of primary amides is 1. The third kappa shape index (κ3) is 3.51. The normalized spacial score (nSPS) is 21.0. The van der Waals surface area contributed by atoms with Crippen LogP contribution in [-0.4, -0.2) is 42.4 Å². The maximum Gasteiger partial charge on any atom is 0.239 e. The van der Waals surface area contributed by atoms with E-state index >= 15 is 0 Å². The van der Waals surface area contributed by atoms with Crippen LogP contribution < -0.4 is 11.1 Å². The number of amides is 2. The average Bonchev–Trinajstić information content (AvgIpc) is 2.50. The molecule has 0 aliphatic carbocycles. The van der Waals surface area contributed by atoms with E-state index in [-0.39, 0.29) is 17.9 Å². The summed E-state index contributed by atoms with van der Waals surface area (Å²) in [5.41, 5.74) is 5.03. The molecule has 15 heavy (non-hydrogen) atoms. The minimum Gasteiger partial charge on any atom is -0.370 e. The lowest BCUT2D eigenvalue weighted by molar-refractivity contribution is -0.129. The highest BCUT2D eigenvalue weighted by molar-refractivity contribution is 5.84. The fraction of sp³-hybridized carbons (Fsp3) is 0.800. The predicted molar refractivity (Wildman–Crippen MR) is 57.1 cm³/mol. The molecule has 1 aliphatic heterocycles. The summed E-state index contributed by atoms with van der Waals surface area (Å²) in [5.74, 6) is -0.147. The van der Waals surface area contributed by atoms with E-state index in [2.05, 4.69) is 5.32 Å². The highest BCUT2D eigenvalue weighted by Crippen LogP contribution is 2.11. The molecule has 3 N–H and O–H groups in total. The maximum absolute atomic E-state index is 11.7. The fourth-order valence-corrected chi connectivity index (χ4v) is 1.84. The van der Waals surface area contributed by atoms with Gasteiger partial charge in [-0.2, -0.15) is 0 Å². The Hall–Kier alpha value is -1.10. The Balaban J connectivity index is 2.26. The van der Waals surface area contributed by atoms with Crippen molar-refractivity contribution >= 4 is 11.8 Å². The van der Waals surface area contributed by atoms with Crippen LogP contribution in [0, 0.1) is 0 Å². The quantitative estimate of drug-likeness (QED) is 0.622. The molecular weight excluding hydrogens is 194 g/mol. The zero-order chi connectivity index (χ0) is 11.3. The Morgan fingerprint density at radius 2 is 2.40 bits per heavy atom. The zero-order valence-electron chi connectivity index (χ0n) is 9.16. The summed E-state index contributed by atoms with van der Waals surface area (Å²) in [6.07, 6.45) is 1.89. The van der Waals surface area contributed by atoms with Gasteiger partial charge >= 0.3 is 0 Å². The molecule has 5 heteroatoms. The Labute approximate surface area is 90.0 Å². The van der Waals surface area contributed by atoms with Gasteiger partial charge in [-0.1, -0.05) is 6.92 Å². The van der Waals surface area contributed by atoms with Crippen LogP contribution in [0.4, 0.5) is 0 Å². The van der Waals surface area contributed by atoms with Crippen LogP contribution in [0.5, 0.6) is 0 Å². The number of nitrogens with one attached hydrogen (secondary N) is 1. The largest absolute Gasteiger partial charge is 0.370 e. The third-order valence-corrected chi connectivity index (χ3v) is 2.60. The molecule has 1 heterocycles. The van der Waals surface area contributed by atoms with E-state index < -0.39 is 0 Å². The number of nitrogens with zero attached hydrogens (tertiary/aromatic N) is 1. The van der Waals surface area contributed by atoms with Crippen molar-refractivity contribution in [2.45, 2.75) is 32.2 Å². The van der Waals surface area contributed by atoms with E-state index in [1.165, 1.54) is 0 Å². The van der Waals surface area contributed by atoms with Crippen LogP contribution in [0.25, 0.3) is 0 Å². The lowest BCUT2D eigenvalue weighted by atomic mass is 10.2. The number of hydrogen-bond donors (Lipinski definition) is 2. The van der Waals surface area contributed by atoms with Crippen molar-refractivity contribution in [3.8, 4) is 0 Å². The molecule has 0 radical (unpaired) electrons. The third-order valence-electron chi connectivity index (χ3n) is 2.60. The molecule has 1 saturated heterocycles. The van der Waals surface area contributed by atoms with Gasteiger partial charge in [-0.25, -0.2) is 0 Å². The number of carbonyl (C=O) groups excluding carboxylic acids is 2. The number of carbonyl (C=O) groups is 2. The number of rotatable bonds is 6. The van der Waals surface area contributed by atoms with E-state index in [9.17, 15) is 9.59 Å². The molecule has 0 saturated carbocycles. The molecule has 1 rings (SSSR count). The van der Waals surface area contributed by atoms with E-state index in [0.717, 1.165) is 19.5 Å². The van der Waals surface area contributed by atoms with Crippen molar-refractivity contribution in [3.63, 3.8) is 0 Å². The first kappa shape index (κ1) is 12.0. The molecule has 1 unspecified atom stereocenters. The first-order chi connectivity index (χ1) is 7.15. The van der Waals surface area contributed by atoms with E-state index in [1.54, 1.807) is 4.90 Å². The molecule has 1 atom stereocenters. The standard InChI is InChI=1S/C10H19N3O2/c1-2-12-8-5-7-13(10(8)15)6-3-4-9(11)14/h8,12H,2-7H2,1H3,(H2,11,14). The molecular formula is C10H19N3O2. The minimum atomic E-state index is -0.301. The first-order valence-electron chi connectivity index (χ1n) is 5.45. The summed E-state index contributed by atoms with van der Waals surface area (Å²) in [6.45, 7) is 4.23. The predicted octanol–water partition coefficient (Wildman–Crippen LogP) is -0.538. The second-order valence-electron chi connectivity index (χ2n) is 3.79. The Bertz CT molecular complexity index is 243. The maximum atomic E-state index is 11.7. The topological polar surface area (TPSA) is 75.4 Å². The van der Waals surface area contributed by atoms with E-state index in [0.29, 0.717) is 19.4 Å². The van der Waals surface area contributed by atoms with Crippen LogP contribution >= 0.6 is 0 Å². The summed E-state index contributed by atoms with van der Waals surface area (Å²) in [7, 11) is 0. The highest BCUT2D eigenvalue weighted by Gasteiger charge is 2.29. The monoisotopic (exact) mass is 213 g/mol. The van der Waals surface area contributed by atoms with Crippen LogP contribution in [0.3, 0.4) is 0 Å². The summed E-state index contributed by atoms with van der Waals surface area (Å²) in [4.78, 5) is 24.0. The summed E-state index contributed by atoms with van der Waals surface area (Å²) in [5, 5.41) is 3.14. The molecule has 1 aliphatic rings. The second-order valence-corrected chi connectivity index (χ2v) is 3.79. The minimum absolute atomic E-state index is 0.0245. The van der Waals surface area contributed by atoms with Gasteiger partial charge in [0, 0.05) is 19.5 Å². The first-order valence-corrected chi connectivity index (χ1v) is 5.45. The summed E-state index contributed by atoms with van der Waals surface area (Å²) in [6, 6.07) is -0.0245. The molecule has 0 aromatic rings. The molecule has 0 bridgehead atoms. The van der Waals surface area contributed by atoms with Crippen LogP contribution in [0.15, 0.2) is 0 Å². The van der Waals surface area contributed by atoms with Crippen LogP contribution in [0.1, 0.15) is 26.2 Å². The van der Waals surface area contributed by atoms with Crippen molar-refractivity contribution in [3.05, 3.63) is 0 Å². The SMILES string of the molecule is CCNC1CCN(CCCC(N)=O)C1=O. The number of likely N-dealkylation sites (N-methyl/N-ethyl adjacent to an activating group) is 1. The molecule has 5 nitrogen and oxygen atoms in total. The number of nitrogens with two attached hydrogens (primary N) is 1. The Kier molecular flexibility index (Phi) is 4.55. The van der Waals surface area contributed by atoms with Gasteiger partial charge < -0.3 is 16.0 Å². The van der Waals surface area contributed by atoms with Gasteiger partial charge in [-0.15, -0.1) is 0 Å². The van der Waals surface area contributed by atoms with Crippen molar-refractivity contribution in [2.75, 3.05) is 19.6 Å². The fourth-order valence-electron chi connectivity index (χ4n) is 1.84. The van der Waals surface area contributed by atoms with Gasteiger partial charge in [0.2, 0.25) is 11.8 Å². The Morgan fingerprint density at radius 3 is 3.00 bits per heavy atom. The average molecular weight is 213 g/mol. The molecule has 0 aromatic carbocycles. The van der Waals surface area contributed by atoms with Crippen LogP contribution in [0.2, 0.25) is 0 Å². The summed E-state index contributed by atoms with van der Waals surface area (Å²) < 4.78 is 0. The number of likely N-dealkylation sites (tertiary alicyclic amines) is 1. The van der Waals surface area contributed by atoms with Gasteiger partial charge in [0.25, 0.3) is 0 Å². The van der Waals surface area contributed by atoms with Gasteiger partial charge in [-0.05, 0) is 19.4 Å². The molecule has 2 amide bonds. The highest BCUT2D eigenvalue weighted by atomic mass is 16.2. The molecule has 1 fully saturated rings. The lowest BCUT2D eigenvalue weighted by Gasteiger charge is -2.16. The second kappa shape index (κ2) is 5.70. The van der Waals surface area contributed by atoms with Crippen molar-refractivity contribution in [1.82, 2.24) is 10.2 Å². The molecule has 0 aromatic heterocycles. The van der Waals surface area contributed by atoms with Gasteiger partial charge in [0.1, 0.15) is 0 Å². The molecule has 0 spiro atoms. The Morgan fingerprint density at radius 1 is 1.67 bits per heavy atom. The van der Waals surface area contributed by atoms with Crippen molar-refractivity contribution in [1.29, 1.82) is 0 Å². The van der Waals surface area contributed by atoms with Gasteiger partial charge in [-0.3, -0.25) is 9.59 Å². The number of hydrogen-bond acceptors (Lipinski definition) is 3. The van der Waals surface area contributed by atoms with Crippen molar-refractivity contribution < 1.29 is 9.59 Å². The van der Waals surface area contributed by atoms with E-state index in [4.69, 9.17) is 5.73 Å². The smallest absolute Gasteiger partial charge is 0.239 e. The van der Waals surface area contributed by atoms with E-state index in [1.807, 2.05) is 6.92 Å². The molecule has 86 valence electrons.